The maximum Gasteiger partial charge on any atom is 0.165 e. The number of methoxy groups -OCH3 is 2. The lowest BCUT2D eigenvalue weighted by atomic mass is 10.2. The van der Waals surface area contributed by atoms with E-state index in [-0.39, 0.29) is 12.3 Å². The number of ether oxygens (including phenoxy) is 2. The van der Waals surface area contributed by atoms with Crippen LogP contribution in [0.1, 0.15) is 5.56 Å². The van der Waals surface area contributed by atoms with E-state index < -0.39 is 5.82 Å². The summed E-state index contributed by atoms with van der Waals surface area (Å²) in [5.74, 6) is -0.0139. The predicted octanol–water partition coefficient (Wildman–Crippen LogP) is 3.81. The average Bonchev–Trinajstić information content (AvgIpc) is 2.49. The monoisotopic (exact) mass is 311 g/mol. The summed E-state index contributed by atoms with van der Waals surface area (Å²) in [4.78, 5) is 0. The smallest absolute Gasteiger partial charge is 0.165 e. The van der Waals surface area contributed by atoms with Crippen LogP contribution in [-0.2, 0) is 6.54 Å². The van der Waals surface area contributed by atoms with Gasteiger partial charge in [0.25, 0.3) is 0 Å². The van der Waals surface area contributed by atoms with Gasteiger partial charge < -0.3 is 19.9 Å². The second kappa shape index (κ2) is 6.54. The number of halogens is 2. The summed E-state index contributed by atoms with van der Waals surface area (Å²) in [7, 11) is 3.03. The molecule has 0 aromatic heterocycles. The van der Waals surface area contributed by atoms with Crippen molar-refractivity contribution in [2.45, 2.75) is 6.54 Å². The van der Waals surface area contributed by atoms with Gasteiger partial charge in [-0.15, -0.1) is 0 Å². The highest BCUT2D eigenvalue weighted by Gasteiger charge is 2.11. The molecular formula is C15H15ClFNO3. The number of rotatable bonds is 5. The SMILES string of the molecule is COc1cc(NCc2cccc(F)c2O)c(OC)cc1Cl. The third-order valence-electron chi connectivity index (χ3n) is 3.01. The van der Waals surface area contributed by atoms with Crippen molar-refractivity contribution in [3.8, 4) is 17.2 Å². The number of para-hydroxylation sites is 1. The lowest BCUT2D eigenvalue weighted by Crippen LogP contribution is -2.03. The Hall–Kier alpha value is -2.14. The number of anilines is 1. The predicted molar refractivity (Wildman–Crippen MR) is 79.9 cm³/mol. The minimum Gasteiger partial charge on any atom is -0.505 e. The molecule has 2 aromatic carbocycles. The van der Waals surface area contributed by atoms with Crippen molar-refractivity contribution in [2.24, 2.45) is 0 Å². The first-order chi connectivity index (χ1) is 10.1. The molecule has 0 bridgehead atoms. The molecule has 0 saturated heterocycles. The van der Waals surface area contributed by atoms with E-state index in [1.807, 2.05) is 0 Å². The number of hydrogen-bond donors (Lipinski definition) is 2. The second-order valence-electron chi connectivity index (χ2n) is 4.29. The Morgan fingerprint density at radius 3 is 2.57 bits per heavy atom. The molecule has 4 nitrogen and oxygen atoms in total. The number of benzene rings is 2. The van der Waals surface area contributed by atoms with Crippen molar-refractivity contribution in [2.75, 3.05) is 19.5 Å². The quantitative estimate of drug-likeness (QED) is 0.881. The molecule has 0 heterocycles. The minimum atomic E-state index is -0.657. The van der Waals surface area contributed by atoms with Gasteiger partial charge >= 0.3 is 0 Å². The van der Waals surface area contributed by atoms with Crippen LogP contribution in [0, 0.1) is 5.82 Å². The first kappa shape index (κ1) is 15.3. The number of aromatic hydroxyl groups is 1. The van der Waals surface area contributed by atoms with Crippen LogP contribution in [0.25, 0.3) is 0 Å². The summed E-state index contributed by atoms with van der Waals surface area (Å²) in [5, 5.41) is 13.1. The van der Waals surface area contributed by atoms with Gasteiger partial charge in [-0.05, 0) is 6.07 Å². The zero-order valence-corrected chi connectivity index (χ0v) is 12.4. The highest BCUT2D eigenvalue weighted by Crippen LogP contribution is 2.36. The van der Waals surface area contributed by atoms with Gasteiger partial charge in [0.05, 0.1) is 24.9 Å². The van der Waals surface area contributed by atoms with Crippen molar-refractivity contribution in [1.29, 1.82) is 0 Å². The van der Waals surface area contributed by atoms with Gasteiger partial charge in [-0.3, -0.25) is 0 Å². The number of nitrogens with one attached hydrogen (secondary N) is 1. The summed E-state index contributed by atoms with van der Waals surface area (Å²) >= 11 is 6.02. The third kappa shape index (κ3) is 3.31. The fourth-order valence-corrected chi connectivity index (χ4v) is 2.12. The van der Waals surface area contributed by atoms with Crippen LogP contribution in [0.4, 0.5) is 10.1 Å². The Morgan fingerprint density at radius 1 is 1.19 bits per heavy atom. The van der Waals surface area contributed by atoms with Crippen molar-refractivity contribution >= 4 is 17.3 Å². The molecule has 112 valence electrons. The fourth-order valence-electron chi connectivity index (χ4n) is 1.89. The number of hydrogen-bond acceptors (Lipinski definition) is 4. The van der Waals surface area contributed by atoms with E-state index in [0.29, 0.717) is 27.8 Å². The molecule has 2 rings (SSSR count). The fraction of sp³-hybridized carbons (Fsp3) is 0.200. The van der Waals surface area contributed by atoms with Crippen molar-refractivity contribution in [1.82, 2.24) is 0 Å². The molecule has 0 atom stereocenters. The van der Waals surface area contributed by atoms with Crippen LogP contribution in [0.3, 0.4) is 0 Å². The van der Waals surface area contributed by atoms with Crippen molar-refractivity contribution in [3.05, 3.63) is 46.7 Å². The Kier molecular flexibility index (Phi) is 4.75. The van der Waals surface area contributed by atoms with E-state index >= 15 is 0 Å². The highest BCUT2D eigenvalue weighted by atomic mass is 35.5. The van der Waals surface area contributed by atoms with Gasteiger partial charge in [0.2, 0.25) is 0 Å². The molecular weight excluding hydrogens is 297 g/mol. The normalized spacial score (nSPS) is 10.3. The molecule has 0 aliphatic heterocycles. The summed E-state index contributed by atoms with van der Waals surface area (Å²) in [6.45, 7) is 0.227. The molecule has 0 unspecified atom stereocenters. The highest BCUT2D eigenvalue weighted by molar-refractivity contribution is 6.32. The standard InChI is InChI=1S/C15H15ClFNO3/c1-20-13-7-12(14(21-2)6-10(13)16)18-8-9-4-3-5-11(17)15(9)19/h3-7,18-19H,8H2,1-2H3. The Balaban J connectivity index is 2.25. The maximum absolute atomic E-state index is 13.3. The zero-order chi connectivity index (χ0) is 15.4. The first-order valence-electron chi connectivity index (χ1n) is 6.18. The van der Waals surface area contributed by atoms with Crippen molar-refractivity contribution < 1.29 is 19.0 Å². The molecule has 6 heteroatoms. The largest absolute Gasteiger partial charge is 0.505 e. The van der Waals surface area contributed by atoms with Gasteiger partial charge in [0.1, 0.15) is 11.5 Å². The van der Waals surface area contributed by atoms with Gasteiger partial charge in [-0.25, -0.2) is 4.39 Å². The van der Waals surface area contributed by atoms with Crippen LogP contribution < -0.4 is 14.8 Å². The molecule has 0 fully saturated rings. The molecule has 0 saturated carbocycles. The number of phenolic OH excluding ortho intramolecular Hbond substituents is 1. The lowest BCUT2D eigenvalue weighted by Gasteiger charge is -2.14. The van der Waals surface area contributed by atoms with E-state index in [4.69, 9.17) is 21.1 Å². The second-order valence-corrected chi connectivity index (χ2v) is 4.70. The van der Waals surface area contributed by atoms with E-state index in [0.717, 1.165) is 0 Å². The van der Waals surface area contributed by atoms with Crippen LogP contribution in [-0.4, -0.2) is 19.3 Å². The third-order valence-corrected chi connectivity index (χ3v) is 3.31. The summed E-state index contributed by atoms with van der Waals surface area (Å²) in [6, 6.07) is 7.66. The van der Waals surface area contributed by atoms with Gasteiger partial charge in [0, 0.05) is 24.2 Å². The Labute approximate surface area is 127 Å². The Bertz CT molecular complexity index is 649. The minimum absolute atomic E-state index is 0.227. The van der Waals surface area contributed by atoms with Crippen LogP contribution >= 0.6 is 11.6 Å². The lowest BCUT2D eigenvalue weighted by molar-refractivity contribution is 0.404. The van der Waals surface area contributed by atoms with Crippen LogP contribution in [0.15, 0.2) is 30.3 Å². The van der Waals surface area contributed by atoms with Gasteiger partial charge in [-0.1, -0.05) is 23.7 Å². The molecule has 0 aliphatic rings. The van der Waals surface area contributed by atoms with Crippen LogP contribution in [0.5, 0.6) is 17.2 Å². The van der Waals surface area contributed by atoms with E-state index in [2.05, 4.69) is 5.32 Å². The van der Waals surface area contributed by atoms with Gasteiger partial charge in [-0.2, -0.15) is 0 Å². The summed E-state index contributed by atoms with van der Waals surface area (Å²) in [6.07, 6.45) is 0. The topological polar surface area (TPSA) is 50.7 Å². The average molecular weight is 312 g/mol. The molecule has 0 amide bonds. The maximum atomic E-state index is 13.3. The molecule has 0 radical (unpaired) electrons. The molecule has 0 aliphatic carbocycles. The summed E-state index contributed by atoms with van der Waals surface area (Å²) in [5.41, 5.74) is 1.06. The molecule has 2 aromatic rings. The summed E-state index contributed by atoms with van der Waals surface area (Å²) < 4.78 is 23.7. The van der Waals surface area contributed by atoms with Crippen molar-refractivity contribution in [3.63, 3.8) is 0 Å². The van der Waals surface area contributed by atoms with E-state index in [1.165, 1.54) is 26.4 Å². The molecule has 21 heavy (non-hydrogen) atoms. The molecule has 2 N–H and O–H groups in total. The molecule has 0 spiro atoms. The number of phenols is 1. The van der Waals surface area contributed by atoms with E-state index in [9.17, 15) is 9.50 Å². The van der Waals surface area contributed by atoms with Crippen LogP contribution in [0.2, 0.25) is 5.02 Å². The van der Waals surface area contributed by atoms with E-state index in [1.54, 1.807) is 18.2 Å². The van der Waals surface area contributed by atoms with Gasteiger partial charge in [0.15, 0.2) is 11.6 Å². The Morgan fingerprint density at radius 2 is 1.90 bits per heavy atom. The first-order valence-corrected chi connectivity index (χ1v) is 6.56. The zero-order valence-electron chi connectivity index (χ0n) is 11.6.